The first kappa shape index (κ1) is 23.8. The number of alkyl halides is 3. The van der Waals surface area contributed by atoms with E-state index in [2.05, 4.69) is 15.3 Å². The Labute approximate surface area is 194 Å². The molecular formula is C21H18F5N5O2S. The average molecular weight is 499 g/mol. The third kappa shape index (κ3) is 4.80. The van der Waals surface area contributed by atoms with E-state index in [1.54, 1.807) is 0 Å². The molecule has 0 radical (unpaired) electrons. The Morgan fingerprint density at radius 1 is 1.24 bits per heavy atom. The van der Waals surface area contributed by atoms with Crippen molar-refractivity contribution in [2.24, 2.45) is 11.7 Å². The molecule has 1 aliphatic heterocycles. The molecule has 0 bridgehead atoms. The Bertz CT molecular complexity index is 1220. The number of anilines is 2. The number of carbonyl (C=O) groups excluding carboxylic acids is 1. The normalized spacial score (nSPS) is 18.7. The van der Waals surface area contributed by atoms with Crippen LogP contribution in [0.2, 0.25) is 0 Å². The number of nitrogens with zero attached hydrogens (tertiary/aromatic N) is 3. The first-order valence-corrected chi connectivity index (χ1v) is 10.9. The Hall–Kier alpha value is -3.32. The minimum absolute atomic E-state index is 0.131. The summed E-state index contributed by atoms with van der Waals surface area (Å²) >= 11 is 0.784. The number of phenols is 1. The standard InChI is InChI=1S/C21H18F5N5O2S/c22-12-1-2-16(32)18(23)17(12)20-30-14(9-34-20)19(33)29-13-6-28-4-3-15(13)31-7-10(21(24,25)26)5-11(27)8-31/h1-4,6,9-11,32H,5,7-8,27H2,(H,29,33). The van der Waals surface area contributed by atoms with Gasteiger partial charge in [0.2, 0.25) is 0 Å². The SMILES string of the molecule is NC1CC(C(F)(F)F)CN(c2ccncc2NC(=O)c2csc(-c3c(F)ccc(O)c3F)n2)C1. The maximum absolute atomic E-state index is 14.2. The largest absolute Gasteiger partial charge is 0.505 e. The van der Waals surface area contributed by atoms with Gasteiger partial charge in [-0.25, -0.2) is 13.8 Å². The average Bonchev–Trinajstić information content (AvgIpc) is 3.26. The summed E-state index contributed by atoms with van der Waals surface area (Å²) in [5, 5.41) is 13.1. The third-order valence-electron chi connectivity index (χ3n) is 5.35. The third-order valence-corrected chi connectivity index (χ3v) is 6.21. The number of halogens is 5. The van der Waals surface area contributed by atoms with Gasteiger partial charge >= 0.3 is 6.18 Å². The monoisotopic (exact) mass is 499 g/mol. The van der Waals surface area contributed by atoms with E-state index in [1.807, 2.05) is 0 Å². The molecular weight excluding hydrogens is 481 g/mol. The number of carbonyl (C=O) groups is 1. The minimum Gasteiger partial charge on any atom is -0.505 e. The molecule has 180 valence electrons. The molecule has 2 aromatic heterocycles. The molecule has 0 aliphatic carbocycles. The van der Waals surface area contributed by atoms with E-state index in [4.69, 9.17) is 5.73 Å². The molecule has 4 N–H and O–H groups in total. The molecule has 2 atom stereocenters. The summed E-state index contributed by atoms with van der Waals surface area (Å²) < 4.78 is 68.2. The predicted octanol–water partition coefficient (Wildman–Crippen LogP) is 4.16. The van der Waals surface area contributed by atoms with E-state index >= 15 is 0 Å². The van der Waals surface area contributed by atoms with Gasteiger partial charge < -0.3 is 21.1 Å². The van der Waals surface area contributed by atoms with Gasteiger partial charge in [-0.15, -0.1) is 11.3 Å². The fourth-order valence-corrected chi connectivity index (χ4v) is 4.59. The van der Waals surface area contributed by atoms with Gasteiger partial charge in [-0.05, 0) is 24.6 Å². The Balaban J connectivity index is 1.58. The maximum Gasteiger partial charge on any atom is 0.393 e. The Kier molecular flexibility index (Phi) is 6.41. The molecule has 3 heterocycles. The highest BCUT2D eigenvalue weighted by Crippen LogP contribution is 2.37. The molecule has 1 aliphatic rings. The first-order chi connectivity index (χ1) is 16.0. The fourth-order valence-electron chi connectivity index (χ4n) is 3.75. The summed E-state index contributed by atoms with van der Waals surface area (Å²) in [6, 6.07) is 2.47. The van der Waals surface area contributed by atoms with Crippen molar-refractivity contribution in [1.29, 1.82) is 0 Å². The topological polar surface area (TPSA) is 104 Å². The summed E-state index contributed by atoms with van der Waals surface area (Å²) in [5.74, 6) is -5.33. The molecule has 4 rings (SSSR count). The van der Waals surface area contributed by atoms with Gasteiger partial charge in [0.25, 0.3) is 5.91 Å². The van der Waals surface area contributed by atoms with Gasteiger partial charge in [0.15, 0.2) is 11.6 Å². The number of piperidine rings is 1. The van der Waals surface area contributed by atoms with Crippen molar-refractivity contribution < 1.29 is 31.9 Å². The van der Waals surface area contributed by atoms with Crippen LogP contribution in [0.15, 0.2) is 36.0 Å². The zero-order chi connectivity index (χ0) is 24.6. The van der Waals surface area contributed by atoms with Crippen molar-refractivity contribution >= 4 is 28.6 Å². The van der Waals surface area contributed by atoms with Gasteiger partial charge in [0.1, 0.15) is 16.5 Å². The van der Waals surface area contributed by atoms with Gasteiger partial charge in [-0.2, -0.15) is 13.2 Å². The minimum atomic E-state index is -4.42. The van der Waals surface area contributed by atoms with Crippen LogP contribution in [-0.4, -0.2) is 46.3 Å². The molecule has 1 fully saturated rings. The highest BCUT2D eigenvalue weighted by atomic mass is 32.1. The molecule has 34 heavy (non-hydrogen) atoms. The summed E-state index contributed by atoms with van der Waals surface area (Å²) in [6.07, 6.45) is -1.96. The molecule has 1 aromatic carbocycles. The van der Waals surface area contributed by atoms with Crippen LogP contribution in [0.3, 0.4) is 0 Å². The smallest absolute Gasteiger partial charge is 0.393 e. The molecule has 3 aromatic rings. The molecule has 1 amide bonds. The lowest BCUT2D eigenvalue weighted by Crippen LogP contribution is -2.51. The number of thiazole rings is 1. The van der Waals surface area contributed by atoms with E-state index in [9.17, 15) is 31.9 Å². The second-order valence-corrected chi connectivity index (χ2v) is 8.64. The summed E-state index contributed by atoms with van der Waals surface area (Å²) in [4.78, 5) is 22.1. The van der Waals surface area contributed by atoms with E-state index in [1.165, 1.54) is 28.7 Å². The van der Waals surface area contributed by atoms with Gasteiger partial charge in [-0.1, -0.05) is 0 Å². The number of phenolic OH excluding ortho intramolecular Hbond substituents is 1. The number of aromatic hydroxyl groups is 1. The molecule has 7 nitrogen and oxygen atoms in total. The number of nitrogens with one attached hydrogen (secondary N) is 1. The van der Waals surface area contributed by atoms with Crippen LogP contribution < -0.4 is 16.0 Å². The zero-order valence-electron chi connectivity index (χ0n) is 17.3. The summed E-state index contributed by atoms with van der Waals surface area (Å²) in [5.41, 5.74) is 5.53. The van der Waals surface area contributed by atoms with Crippen molar-refractivity contribution in [3.8, 4) is 16.3 Å². The van der Waals surface area contributed by atoms with Crippen LogP contribution in [0.25, 0.3) is 10.6 Å². The van der Waals surface area contributed by atoms with Gasteiger partial charge in [0.05, 0.1) is 29.1 Å². The van der Waals surface area contributed by atoms with Crippen LogP contribution in [-0.2, 0) is 0 Å². The quantitative estimate of drug-likeness (QED) is 0.466. The molecule has 1 saturated heterocycles. The lowest BCUT2D eigenvalue weighted by molar-refractivity contribution is -0.177. The summed E-state index contributed by atoms with van der Waals surface area (Å²) in [7, 11) is 0. The number of amides is 1. The van der Waals surface area contributed by atoms with E-state index < -0.39 is 47.0 Å². The van der Waals surface area contributed by atoms with Crippen molar-refractivity contribution in [2.75, 3.05) is 23.3 Å². The second-order valence-electron chi connectivity index (χ2n) is 7.78. The molecule has 13 heteroatoms. The second kappa shape index (κ2) is 9.14. The lowest BCUT2D eigenvalue weighted by atomic mass is 9.93. The number of benzene rings is 1. The van der Waals surface area contributed by atoms with Crippen molar-refractivity contribution in [1.82, 2.24) is 9.97 Å². The number of hydrogen-bond donors (Lipinski definition) is 3. The van der Waals surface area contributed by atoms with Crippen LogP contribution in [0, 0.1) is 17.6 Å². The zero-order valence-corrected chi connectivity index (χ0v) is 18.1. The van der Waals surface area contributed by atoms with Crippen LogP contribution >= 0.6 is 11.3 Å². The van der Waals surface area contributed by atoms with Crippen LogP contribution in [0.1, 0.15) is 16.9 Å². The van der Waals surface area contributed by atoms with Crippen molar-refractivity contribution in [3.05, 3.63) is 53.3 Å². The molecule has 0 saturated carbocycles. The Morgan fingerprint density at radius 3 is 2.74 bits per heavy atom. The van der Waals surface area contributed by atoms with Crippen molar-refractivity contribution in [2.45, 2.75) is 18.6 Å². The maximum atomic E-state index is 14.2. The molecule has 0 spiro atoms. The molecule has 2 unspecified atom stereocenters. The van der Waals surface area contributed by atoms with Gasteiger partial charge in [0, 0.05) is 30.7 Å². The highest BCUT2D eigenvalue weighted by Gasteiger charge is 2.44. The summed E-state index contributed by atoms with van der Waals surface area (Å²) in [6.45, 7) is -0.183. The van der Waals surface area contributed by atoms with E-state index in [0.29, 0.717) is 5.69 Å². The number of nitrogens with two attached hydrogens (primary N) is 1. The van der Waals surface area contributed by atoms with E-state index in [-0.39, 0.29) is 35.9 Å². The number of pyridine rings is 1. The highest BCUT2D eigenvalue weighted by molar-refractivity contribution is 7.13. The van der Waals surface area contributed by atoms with E-state index in [0.717, 1.165) is 23.5 Å². The number of hydrogen-bond acceptors (Lipinski definition) is 7. The fraction of sp³-hybridized carbons (Fsp3) is 0.286. The number of rotatable bonds is 4. The number of aromatic nitrogens is 2. The first-order valence-electron chi connectivity index (χ1n) is 10.00. The van der Waals surface area contributed by atoms with Crippen LogP contribution in [0.4, 0.5) is 33.3 Å². The van der Waals surface area contributed by atoms with Crippen molar-refractivity contribution in [3.63, 3.8) is 0 Å². The van der Waals surface area contributed by atoms with Crippen LogP contribution in [0.5, 0.6) is 5.75 Å². The lowest BCUT2D eigenvalue weighted by Gasteiger charge is -2.39. The predicted molar refractivity (Wildman–Crippen MR) is 116 cm³/mol. The Morgan fingerprint density at radius 2 is 2.00 bits per heavy atom. The van der Waals surface area contributed by atoms with Gasteiger partial charge in [-0.3, -0.25) is 9.78 Å².